The highest BCUT2D eigenvalue weighted by Gasteiger charge is 2.21. The van der Waals surface area contributed by atoms with Crippen LogP contribution >= 0.6 is 11.6 Å². The predicted octanol–water partition coefficient (Wildman–Crippen LogP) is 3.44. The topological polar surface area (TPSA) is 63.9 Å². The molecule has 5 rings (SSSR count). The number of nitrogens with zero attached hydrogens (tertiary/aromatic N) is 4. The zero-order valence-electron chi connectivity index (χ0n) is 15.9. The van der Waals surface area contributed by atoms with Gasteiger partial charge in [-0.25, -0.2) is 0 Å². The predicted molar refractivity (Wildman–Crippen MR) is 108 cm³/mol. The number of halogens is 1. The van der Waals surface area contributed by atoms with Gasteiger partial charge in [0.05, 0.1) is 17.1 Å². The van der Waals surface area contributed by atoms with Crippen LogP contribution in [0.1, 0.15) is 11.5 Å². The first-order valence-corrected chi connectivity index (χ1v) is 10.0. The lowest BCUT2D eigenvalue weighted by atomic mass is 10.1. The van der Waals surface area contributed by atoms with Crippen LogP contribution < -0.4 is 9.47 Å². The number of fused-ring (bicyclic) bond motifs is 1. The summed E-state index contributed by atoms with van der Waals surface area (Å²) in [6.07, 6.45) is 0. The summed E-state index contributed by atoms with van der Waals surface area (Å²) in [5.74, 6) is 2.75. The average Bonchev–Trinajstić information content (AvgIpc) is 3.39. The maximum atomic E-state index is 6.22. The Morgan fingerprint density at radius 1 is 0.862 bits per heavy atom. The minimum absolute atomic E-state index is 0.311. The van der Waals surface area contributed by atoms with E-state index in [9.17, 15) is 0 Å². The second-order valence-corrected chi connectivity index (χ2v) is 7.63. The van der Waals surface area contributed by atoms with Crippen molar-refractivity contribution in [3.05, 3.63) is 58.9 Å². The molecule has 1 fully saturated rings. The Hall–Kier alpha value is -2.61. The third kappa shape index (κ3) is 4.07. The summed E-state index contributed by atoms with van der Waals surface area (Å²) in [4.78, 5) is 4.77. The lowest BCUT2D eigenvalue weighted by molar-refractivity contribution is 0.114. The Kier molecular flexibility index (Phi) is 5.10. The van der Waals surface area contributed by atoms with E-state index in [1.165, 1.54) is 5.56 Å². The van der Waals surface area contributed by atoms with Gasteiger partial charge in [-0.05, 0) is 29.8 Å². The molecule has 1 saturated heterocycles. The van der Waals surface area contributed by atoms with E-state index in [2.05, 4.69) is 32.1 Å². The number of hydrogen-bond acceptors (Lipinski definition) is 7. The lowest BCUT2D eigenvalue weighted by Crippen LogP contribution is -2.45. The maximum absolute atomic E-state index is 6.22. The van der Waals surface area contributed by atoms with E-state index in [4.69, 9.17) is 25.5 Å². The van der Waals surface area contributed by atoms with Gasteiger partial charge in [0.25, 0.3) is 0 Å². The standard InChI is InChI=1S/C21H21ClN4O3/c22-17-4-2-1-3-16(17)21-24-23-20(29-21)13-26-9-7-25(8-10-26)12-15-5-6-18-19(11-15)28-14-27-18/h1-6,11H,7-10,12-14H2. The molecule has 0 atom stereocenters. The zero-order chi connectivity index (χ0) is 19.6. The Bertz CT molecular complexity index is 1000. The molecular formula is C21H21ClN4O3. The summed E-state index contributed by atoms with van der Waals surface area (Å²) in [5.41, 5.74) is 2.01. The summed E-state index contributed by atoms with van der Waals surface area (Å²) >= 11 is 6.22. The molecule has 2 aliphatic rings. The summed E-state index contributed by atoms with van der Waals surface area (Å²) in [5, 5.41) is 8.95. The first-order valence-electron chi connectivity index (χ1n) is 9.65. The number of rotatable bonds is 5. The first-order chi connectivity index (χ1) is 14.2. The minimum atomic E-state index is 0.311. The molecule has 0 unspecified atom stereocenters. The van der Waals surface area contributed by atoms with Crippen molar-refractivity contribution in [2.75, 3.05) is 33.0 Å². The third-order valence-corrected chi connectivity index (χ3v) is 5.57. The maximum Gasteiger partial charge on any atom is 0.249 e. The van der Waals surface area contributed by atoms with Crippen molar-refractivity contribution in [2.45, 2.75) is 13.1 Å². The Balaban J connectivity index is 1.15. The summed E-state index contributed by atoms with van der Waals surface area (Å²) < 4.78 is 16.7. The van der Waals surface area contributed by atoms with E-state index in [1.54, 1.807) is 0 Å². The number of hydrogen-bond donors (Lipinski definition) is 0. The summed E-state index contributed by atoms with van der Waals surface area (Å²) in [7, 11) is 0. The average molecular weight is 413 g/mol. The summed E-state index contributed by atoms with van der Waals surface area (Å²) in [6, 6.07) is 13.7. The van der Waals surface area contributed by atoms with Crippen molar-refractivity contribution >= 4 is 11.6 Å². The second kappa shape index (κ2) is 8.02. The molecule has 29 heavy (non-hydrogen) atoms. The quantitative estimate of drug-likeness (QED) is 0.636. The molecule has 0 saturated carbocycles. The highest BCUT2D eigenvalue weighted by Crippen LogP contribution is 2.33. The van der Waals surface area contributed by atoms with E-state index in [1.807, 2.05) is 30.3 Å². The van der Waals surface area contributed by atoms with Gasteiger partial charge in [-0.2, -0.15) is 0 Å². The van der Waals surface area contributed by atoms with Gasteiger partial charge in [0.1, 0.15) is 0 Å². The lowest BCUT2D eigenvalue weighted by Gasteiger charge is -2.33. The van der Waals surface area contributed by atoms with Crippen LogP contribution in [0.2, 0.25) is 5.02 Å². The van der Waals surface area contributed by atoms with Gasteiger partial charge in [-0.15, -0.1) is 10.2 Å². The van der Waals surface area contributed by atoms with Crippen molar-refractivity contribution in [3.63, 3.8) is 0 Å². The van der Waals surface area contributed by atoms with Crippen LogP contribution in [0.4, 0.5) is 0 Å². The number of ether oxygens (including phenoxy) is 2. The minimum Gasteiger partial charge on any atom is -0.454 e. The third-order valence-electron chi connectivity index (χ3n) is 5.24. The second-order valence-electron chi connectivity index (χ2n) is 7.22. The molecule has 0 amide bonds. The highest BCUT2D eigenvalue weighted by molar-refractivity contribution is 6.33. The van der Waals surface area contributed by atoms with Gasteiger partial charge in [0.15, 0.2) is 11.5 Å². The molecular weight excluding hydrogens is 392 g/mol. The molecule has 0 spiro atoms. The fraction of sp³-hybridized carbons (Fsp3) is 0.333. The van der Waals surface area contributed by atoms with Gasteiger partial charge in [0, 0.05) is 32.7 Å². The van der Waals surface area contributed by atoms with Crippen molar-refractivity contribution in [1.29, 1.82) is 0 Å². The van der Waals surface area contributed by atoms with Crippen LogP contribution in [0.15, 0.2) is 46.9 Å². The number of benzene rings is 2. The van der Waals surface area contributed by atoms with E-state index >= 15 is 0 Å². The molecule has 3 heterocycles. The van der Waals surface area contributed by atoms with Gasteiger partial charge in [-0.3, -0.25) is 9.80 Å². The molecule has 8 heteroatoms. The number of piperazine rings is 1. The van der Waals surface area contributed by atoms with Crippen molar-refractivity contribution in [3.8, 4) is 23.0 Å². The fourth-order valence-electron chi connectivity index (χ4n) is 3.66. The van der Waals surface area contributed by atoms with Crippen molar-refractivity contribution in [2.24, 2.45) is 0 Å². The van der Waals surface area contributed by atoms with Crippen molar-refractivity contribution in [1.82, 2.24) is 20.0 Å². The van der Waals surface area contributed by atoms with E-state index in [-0.39, 0.29) is 0 Å². The molecule has 150 valence electrons. The molecule has 0 N–H and O–H groups in total. The Morgan fingerprint density at radius 2 is 1.62 bits per heavy atom. The molecule has 0 radical (unpaired) electrons. The zero-order valence-corrected chi connectivity index (χ0v) is 16.6. The van der Waals surface area contributed by atoms with Crippen LogP contribution in [0.25, 0.3) is 11.5 Å². The molecule has 0 aliphatic carbocycles. The largest absolute Gasteiger partial charge is 0.454 e. The molecule has 1 aromatic heterocycles. The monoisotopic (exact) mass is 412 g/mol. The number of aromatic nitrogens is 2. The van der Waals surface area contributed by atoms with Gasteiger partial charge >= 0.3 is 0 Å². The van der Waals surface area contributed by atoms with Crippen LogP contribution in [-0.2, 0) is 13.1 Å². The molecule has 3 aromatic rings. The van der Waals surface area contributed by atoms with Crippen molar-refractivity contribution < 1.29 is 13.9 Å². The Morgan fingerprint density at radius 3 is 2.45 bits per heavy atom. The fourth-order valence-corrected chi connectivity index (χ4v) is 3.87. The van der Waals surface area contributed by atoms with E-state index in [0.717, 1.165) is 49.8 Å². The van der Waals surface area contributed by atoms with Gasteiger partial charge < -0.3 is 13.9 Å². The molecule has 2 aliphatic heterocycles. The normalized spacial score (nSPS) is 17.0. The van der Waals surface area contributed by atoms with Crippen LogP contribution in [0.5, 0.6) is 11.5 Å². The molecule has 2 aromatic carbocycles. The molecule has 0 bridgehead atoms. The summed E-state index contributed by atoms with van der Waals surface area (Å²) in [6.45, 7) is 5.74. The van der Waals surface area contributed by atoms with E-state index in [0.29, 0.717) is 30.1 Å². The van der Waals surface area contributed by atoms with Crippen LogP contribution in [0.3, 0.4) is 0 Å². The van der Waals surface area contributed by atoms with Gasteiger partial charge in [-0.1, -0.05) is 29.8 Å². The van der Waals surface area contributed by atoms with Crippen LogP contribution in [-0.4, -0.2) is 53.0 Å². The van der Waals surface area contributed by atoms with Gasteiger partial charge in [0.2, 0.25) is 18.6 Å². The first kappa shape index (κ1) is 18.4. The molecule has 7 nitrogen and oxygen atoms in total. The van der Waals surface area contributed by atoms with Crippen LogP contribution in [0, 0.1) is 0 Å². The smallest absolute Gasteiger partial charge is 0.249 e. The highest BCUT2D eigenvalue weighted by atomic mass is 35.5. The Labute approximate surface area is 173 Å². The SMILES string of the molecule is Clc1ccccc1-c1nnc(CN2CCN(Cc3ccc4c(c3)OCO4)CC2)o1. The van der Waals surface area contributed by atoms with E-state index < -0.39 is 0 Å².